The maximum absolute atomic E-state index is 12.3. The van der Waals surface area contributed by atoms with Gasteiger partial charge in [-0.1, -0.05) is 0 Å². The zero-order chi connectivity index (χ0) is 21.6. The number of hydrogen-bond donors (Lipinski definition) is 1. The topological polar surface area (TPSA) is 109 Å². The van der Waals surface area contributed by atoms with Gasteiger partial charge in [0.25, 0.3) is 5.91 Å². The molecule has 1 heterocycles. The molecule has 1 amide bonds. The lowest BCUT2D eigenvalue weighted by atomic mass is 10.1. The number of carbonyl (C=O) groups is 3. The van der Waals surface area contributed by atoms with Crippen molar-refractivity contribution in [3.05, 3.63) is 36.0 Å². The molecule has 0 fully saturated rings. The number of benzene rings is 1. The molecule has 1 aromatic carbocycles. The second-order valence-electron chi connectivity index (χ2n) is 6.59. The largest absolute Gasteiger partial charge is 0.493 e. The van der Waals surface area contributed by atoms with E-state index in [0.29, 0.717) is 17.1 Å². The molecule has 9 nitrogen and oxygen atoms in total. The summed E-state index contributed by atoms with van der Waals surface area (Å²) in [6.07, 6.45) is 0.550. The molecule has 0 aliphatic rings. The van der Waals surface area contributed by atoms with E-state index in [0.717, 1.165) is 0 Å². The van der Waals surface area contributed by atoms with Crippen molar-refractivity contribution in [3.63, 3.8) is 0 Å². The van der Waals surface area contributed by atoms with E-state index in [1.54, 1.807) is 23.0 Å². The van der Waals surface area contributed by atoms with Crippen molar-refractivity contribution in [1.82, 2.24) is 9.78 Å². The summed E-state index contributed by atoms with van der Waals surface area (Å²) in [5, 5.41) is 6.80. The number of methoxy groups -OCH3 is 1. The Balaban J connectivity index is 1.91. The normalized spacial score (nSPS) is 11.7. The van der Waals surface area contributed by atoms with E-state index in [4.69, 9.17) is 14.2 Å². The average molecular weight is 403 g/mol. The van der Waals surface area contributed by atoms with Crippen molar-refractivity contribution in [2.75, 3.05) is 19.0 Å². The van der Waals surface area contributed by atoms with E-state index >= 15 is 0 Å². The van der Waals surface area contributed by atoms with Crippen molar-refractivity contribution < 1.29 is 28.6 Å². The number of ketones is 1. The molecular formula is C20H25N3O6. The highest BCUT2D eigenvalue weighted by Crippen LogP contribution is 2.28. The van der Waals surface area contributed by atoms with Crippen molar-refractivity contribution in [3.8, 4) is 11.5 Å². The highest BCUT2D eigenvalue weighted by molar-refractivity contribution is 5.95. The highest BCUT2D eigenvalue weighted by atomic mass is 16.6. The van der Waals surface area contributed by atoms with Crippen molar-refractivity contribution >= 4 is 23.5 Å². The molecular weight excluding hydrogens is 378 g/mol. The fourth-order valence-electron chi connectivity index (χ4n) is 2.48. The molecule has 1 aromatic heterocycles. The van der Waals surface area contributed by atoms with Crippen LogP contribution in [0.1, 0.15) is 44.1 Å². The van der Waals surface area contributed by atoms with Crippen LogP contribution in [-0.2, 0) is 14.3 Å². The summed E-state index contributed by atoms with van der Waals surface area (Å²) in [6, 6.07) is 6.35. The van der Waals surface area contributed by atoms with Gasteiger partial charge in [-0.05, 0) is 45.9 Å². The summed E-state index contributed by atoms with van der Waals surface area (Å²) >= 11 is 0. The molecule has 0 bridgehead atoms. The molecule has 0 aliphatic heterocycles. The van der Waals surface area contributed by atoms with Gasteiger partial charge in [0, 0.05) is 17.7 Å². The molecule has 0 saturated carbocycles. The Bertz CT molecular complexity index is 890. The van der Waals surface area contributed by atoms with Crippen molar-refractivity contribution in [1.29, 1.82) is 0 Å². The van der Waals surface area contributed by atoms with Gasteiger partial charge in [-0.15, -0.1) is 0 Å². The summed E-state index contributed by atoms with van der Waals surface area (Å²) < 4.78 is 17.3. The van der Waals surface area contributed by atoms with Gasteiger partial charge in [0.1, 0.15) is 5.82 Å². The second-order valence-corrected chi connectivity index (χ2v) is 6.59. The molecule has 1 N–H and O–H groups in total. The number of nitrogens with one attached hydrogen (secondary N) is 1. The van der Waals surface area contributed by atoms with Gasteiger partial charge >= 0.3 is 5.97 Å². The second kappa shape index (κ2) is 9.72. The fraction of sp³-hybridized carbons (Fsp3) is 0.400. The predicted octanol–water partition coefficient (Wildman–Crippen LogP) is 2.62. The third kappa shape index (κ3) is 5.81. The lowest BCUT2D eigenvalue weighted by Crippen LogP contribution is -2.32. The van der Waals surface area contributed by atoms with Crippen LogP contribution in [0.3, 0.4) is 0 Å². The van der Waals surface area contributed by atoms with Crippen molar-refractivity contribution in [2.45, 2.75) is 39.8 Å². The Kier molecular flexibility index (Phi) is 7.35. The summed E-state index contributed by atoms with van der Waals surface area (Å²) in [6.45, 7) is 6.34. The molecule has 29 heavy (non-hydrogen) atoms. The van der Waals surface area contributed by atoms with Crippen LogP contribution in [0.25, 0.3) is 0 Å². The minimum Gasteiger partial charge on any atom is -0.493 e. The van der Waals surface area contributed by atoms with E-state index in [1.807, 2.05) is 13.8 Å². The van der Waals surface area contributed by atoms with E-state index in [1.165, 1.54) is 33.1 Å². The Labute approximate surface area is 168 Å². The van der Waals surface area contributed by atoms with E-state index in [9.17, 15) is 14.4 Å². The van der Waals surface area contributed by atoms with Gasteiger partial charge in [-0.25, -0.2) is 9.48 Å². The molecule has 0 unspecified atom stereocenters. The van der Waals surface area contributed by atoms with E-state index < -0.39 is 24.6 Å². The minimum absolute atomic E-state index is 0.0657. The molecule has 0 aliphatic carbocycles. The number of amides is 1. The molecule has 1 atom stereocenters. The van der Waals surface area contributed by atoms with Crippen LogP contribution in [0.4, 0.5) is 5.82 Å². The first-order chi connectivity index (χ1) is 13.7. The molecule has 2 rings (SSSR count). The predicted molar refractivity (Wildman–Crippen MR) is 105 cm³/mol. The van der Waals surface area contributed by atoms with Crippen molar-refractivity contribution in [2.24, 2.45) is 0 Å². The number of rotatable bonds is 9. The van der Waals surface area contributed by atoms with Crippen LogP contribution < -0.4 is 14.8 Å². The van der Waals surface area contributed by atoms with Crippen LogP contribution in [-0.4, -0.2) is 47.3 Å². The van der Waals surface area contributed by atoms with Crippen LogP contribution in [0.15, 0.2) is 30.5 Å². The zero-order valence-electron chi connectivity index (χ0n) is 17.1. The number of ether oxygens (including phenoxy) is 3. The number of esters is 1. The number of anilines is 1. The van der Waals surface area contributed by atoms with E-state index in [-0.39, 0.29) is 17.6 Å². The third-order valence-electron chi connectivity index (χ3n) is 4.00. The third-order valence-corrected chi connectivity index (χ3v) is 4.00. The molecule has 9 heteroatoms. The Morgan fingerprint density at radius 2 is 1.86 bits per heavy atom. The van der Waals surface area contributed by atoms with E-state index in [2.05, 4.69) is 10.4 Å². The first kappa shape index (κ1) is 21.9. The number of Topliss-reactive ketones (excluding diaryl/α,β-unsaturated/α-hetero) is 1. The first-order valence-electron chi connectivity index (χ1n) is 9.08. The molecule has 0 saturated heterocycles. The zero-order valence-corrected chi connectivity index (χ0v) is 17.1. The monoisotopic (exact) mass is 403 g/mol. The summed E-state index contributed by atoms with van der Waals surface area (Å²) in [7, 11) is 1.43. The summed E-state index contributed by atoms with van der Waals surface area (Å²) in [5.41, 5.74) is 0.461. The maximum Gasteiger partial charge on any atom is 0.344 e. The standard InChI is InChI=1S/C20H25N3O6/c1-12(2)23-18(8-9-21-23)22-20(26)14(4)29-19(25)11-28-16-7-6-15(13(3)24)10-17(16)27-5/h6-10,12,14H,11H2,1-5H3,(H,22,26)/t14-/m0/s1. The van der Waals surface area contributed by atoms with Gasteiger partial charge in [-0.3, -0.25) is 9.59 Å². The fourth-order valence-corrected chi connectivity index (χ4v) is 2.48. The lowest BCUT2D eigenvalue weighted by Gasteiger charge is -2.16. The Morgan fingerprint density at radius 3 is 2.48 bits per heavy atom. The van der Waals surface area contributed by atoms with Crippen LogP contribution in [0, 0.1) is 0 Å². The summed E-state index contributed by atoms with van der Waals surface area (Å²) in [5.74, 6) is -0.204. The first-order valence-corrected chi connectivity index (χ1v) is 9.08. The highest BCUT2D eigenvalue weighted by Gasteiger charge is 2.20. The number of hydrogen-bond acceptors (Lipinski definition) is 7. The SMILES string of the molecule is COc1cc(C(C)=O)ccc1OCC(=O)O[C@@H](C)C(=O)Nc1ccnn1C(C)C. The number of carbonyl (C=O) groups excluding carboxylic acids is 3. The average Bonchev–Trinajstić information content (AvgIpc) is 3.14. The van der Waals surface area contributed by atoms with Gasteiger partial charge in [0.15, 0.2) is 30.0 Å². The molecule has 0 radical (unpaired) electrons. The van der Waals surface area contributed by atoms with Gasteiger partial charge in [0.05, 0.1) is 13.3 Å². The smallest absolute Gasteiger partial charge is 0.344 e. The Morgan fingerprint density at radius 1 is 1.14 bits per heavy atom. The molecule has 0 spiro atoms. The summed E-state index contributed by atoms with van der Waals surface area (Å²) in [4.78, 5) is 35.8. The maximum atomic E-state index is 12.3. The quantitative estimate of drug-likeness (QED) is 0.506. The minimum atomic E-state index is -1.02. The van der Waals surface area contributed by atoms with Gasteiger partial charge in [-0.2, -0.15) is 5.10 Å². The number of nitrogens with zero attached hydrogens (tertiary/aromatic N) is 2. The lowest BCUT2D eigenvalue weighted by molar-refractivity contribution is -0.155. The van der Waals surface area contributed by atoms with Gasteiger partial charge < -0.3 is 19.5 Å². The molecule has 2 aromatic rings. The van der Waals surface area contributed by atoms with Crippen LogP contribution in [0.5, 0.6) is 11.5 Å². The number of aromatic nitrogens is 2. The molecule has 156 valence electrons. The van der Waals surface area contributed by atoms with Crippen LogP contribution >= 0.6 is 0 Å². The Hall–Kier alpha value is -3.36. The van der Waals surface area contributed by atoms with Gasteiger partial charge in [0.2, 0.25) is 0 Å². The van der Waals surface area contributed by atoms with Crippen LogP contribution in [0.2, 0.25) is 0 Å².